The molecule has 1 aromatic rings. The number of hydrogen-bond acceptors (Lipinski definition) is 3. The third kappa shape index (κ3) is 3.35. The number of benzene rings is 1. The summed E-state index contributed by atoms with van der Waals surface area (Å²) in [6, 6.07) is 7.19. The van der Waals surface area contributed by atoms with Crippen molar-refractivity contribution in [1.29, 1.82) is 0 Å². The number of halogens is 1. The highest BCUT2D eigenvalue weighted by Crippen LogP contribution is 2.19. The van der Waals surface area contributed by atoms with Crippen LogP contribution in [-0.2, 0) is 9.53 Å². The van der Waals surface area contributed by atoms with Crippen LogP contribution in [-0.4, -0.2) is 18.6 Å². The number of hydrogen-bond donors (Lipinski definition) is 2. The summed E-state index contributed by atoms with van der Waals surface area (Å²) in [4.78, 5) is 21.7. The topological polar surface area (TPSA) is 67.4 Å². The highest BCUT2D eigenvalue weighted by molar-refractivity contribution is 5.88. The van der Waals surface area contributed by atoms with Crippen LogP contribution in [0, 0.1) is 0 Å². The van der Waals surface area contributed by atoms with Gasteiger partial charge in [-0.1, -0.05) is 12.1 Å². The maximum absolute atomic E-state index is 10.8. The predicted molar refractivity (Wildman–Crippen MR) is 65.2 cm³/mol. The molecule has 0 spiro atoms. The number of alkyl carbamates (subject to hydrolysis) is 1. The van der Waals surface area contributed by atoms with E-state index in [1.807, 2.05) is 12.1 Å². The molecule has 1 saturated heterocycles. The van der Waals surface area contributed by atoms with Crippen LogP contribution in [0.15, 0.2) is 24.3 Å². The highest BCUT2D eigenvalue weighted by Gasteiger charge is 2.23. The average Bonchev–Trinajstić information content (AvgIpc) is 2.65. The number of cyclic esters (lactones) is 1. The molecule has 0 unspecified atom stereocenters. The summed E-state index contributed by atoms with van der Waals surface area (Å²) < 4.78 is 4.79. The van der Waals surface area contributed by atoms with Crippen molar-refractivity contribution in [1.82, 2.24) is 5.32 Å². The molecule has 92 valence electrons. The van der Waals surface area contributed by atoms with Gasteiger partial charge in [0.15, 0.2) is 0 Å². The lowest BCUT2D eigenvalue weighted by atomic mass is 10.1. The van der Waals surface area contributed by atoms with Gasteiger partial charge in [0.25, 0.3) is 0 Å². The summed E-state index contributed by atoms with van der Waals surface area (Å²) in [6.07, 6.45) is -0.393. The van der Waals surface area contributed by atoms with E-state index in [4.69, 9.17) is 4.74 Å². The van der Waals surface area contributed by atoms with Crippen molar-refractivity contribution in [3.05, 3.63) is 29.8 Å². The highest BCUT2D eigenvalue weighted by atomic mass is 35.5. The standard InChI is InChI=1S/C11H12N2O3.ClH/c1-7(14)12-9-4-2-8(3-5-9)10-6-16-11(15)13-10;/h2-5,10H,6H2,1H3,(H,12,14)(H,13,15);1H/t10-;/m1./s1. The molecule has 2 N–H and O–H groups in total. The van der Waals surface area contributed by atoms with Gasteiger partial charge in [-0.15, -0.1) is 12.4 Å². The van der Waals surface area contributed by atoms with Crippen LogP contribution in [0.3, 0.4) is 0 Å². The number of carbonyl (C=O) groups is 2. The third-order valence-electron chi connectivity index (χ3n) is 2.31. The number of amides is 2. The van der Waals surface area contributed by atoms with E-state index in [2.05, 4.69) is 10.6 Å². The smallest absolute Gasteiger partial charge is 0.407 e. The molecule has 17 heavy (non-hydrogen) atoms. The first-order chi connectivity index (χ1) is 7.65. The molecule has 1 aromatic carbocycles. The first kappa shape index (κ1) is 13.3. The largest absolute Gasteiger partial charge is 0.447 e. The Hall–Kier alpha value is -1.75. The van der Waals surface area contributed by atoms with Gasteiger partial charge in [0, 0.05) is 12.6 Å². The van der Waals surface area contributed by atoms with Gasteiger partial charge in [0.05, 0.1) is 6.04 Å². The van der Waals surface area contributed by atoms with E-state index in [0.717, 1.165) is 11.3 Å². The number of carbonyl (C=O) groups excluding carboxylic acids is 2. The van der Waals surface area contributed by atoms with Gasteiger partial charge in [-0.3, -0.25) is 4.79 Å². The van der Waals surface area contributed by atoms with E-state index in [1.165, 1.54) is 6.92 Å². The fraction of sp³-hybridized carbons (Fsp3) is 0.273. The zero-order chi connectivity index (χ0) is 11.5. The molecule has 0 bridgehead atoms. The molecular weight excluding hydrogens is 244 g/mol. The van der Waals surface area contributed by atoms with Crippen molar-refractivity contribution >= 4 is 30.1 Å². The van der Waals surface area contributed by atoms with Gasteiger partial charge in [-0.25, -0.2) is 4.79 Å². The lowest BCUT2D eigenvalue weighted by molar-refractivity contribution is -0.114. The normalized spacial score (nSPS) is 17.7. The number of rotatable bonds is 2. The quantitative estimate of drug-likeness (QED) is 0.849. The monoisotopic (exact) mass is 256 g/mol. The Bertz CT molecular complexity index is 419. The van der Waals surface area contributed by atoms with Crippen LogP contribution < -0.4 is 10.6 Å². The molecule has 1 fully saturated rings. The second-order valence-corrected chi connectivity index (χ2v) is 3.60. The minimum Gasteiger partial charge on any atom is -0.447 e. The molecule has 5 nitrogen and oxygen atoms in total. The van der Waals surface area contributed by atoms with E-state index in [0.29, 0.717) is 6.61 Å². The maximum atomic E-state index is 10.8. The molecule has 0 aliphatic carbocycles. The van der Waals surface area contributed by atoms with Gasteiger partial charge >= 0.3 is 6.09 Å². The Morgan fingerprint density at radius 1 is 1.41 bits per heavy atom. The van der Waals surface area contributed by atoms with Crippen molar-refractivity contribution in [2.24, 2.45) is 0 Å². The van der Waals surface area contributed by atoms with Gasteiger partial charge in [-0.05, 0) is 17.7 Å². The SMILES string of the molecule is CC(=O)Nc1ccc([C@H]2COC(=O)N2)cc1.Cl. The van der Waals surface area contributed by atoms with Crippen LogP contribution in [0.1, 0.15) is 18.5 Å². The second kappa shape index (κ2) is 5.54. The van der Waals surface area contributed by atoms with Gasteiger partial charge in [-0.2, -0.15) is 0 Å². The van der Waals surface area contributed by atoms with Gasteiger partial charge in [0.2, 0.25) is 5.91 Å². The molecule has 0 saturated carbocycles. The molecule has 1 aliphatic heterocycles. The lowest BCUT2D eigenvalue weighted by Crippen LogP contribution is -2.18. The Kier molecular flexibility index (Phi) is 4.34. The fourth-order valence-corrected chi connectivity index (χ4v) is 1.57. The summed E-state index contributed by atoms with van der Waals surface area (Å²) >= 11 is 0. The van der Waals surface area contributed by atoms with E-state index in [-0.39, 0.29) is 24.4 Å². The van der Waals surface area contributed by atoms with Crippen LogP contribution in [0.4, 0.5) is 10.5 Å². The summed E-state index contributed by atoms with van der Waals surface area (Å²) in [7, 11) is 0. The average molecular weight is 257 g/mol. The Morgan fingerprint density at radius 3 is 2.53 bits per heavy atom. The van der Waals surface area contributed by atoms with E-state index < -0.39 is 6.09 Å². The minimum absolute atomic E-state index is 0. The number of ether oxygens (including phenoxy) is 1. The van der Waals surface area contributed by atoms with Crippen LogP contribution in [0.5, 0.6) is 0 Å². The van der Waals surface area contributed by atoms with E-state index in [9.17, 15) is 9.59 Å². The second-order valence-electron chi connectivity index (χ2n) is 3.60. The Labute approximate surface area is 105 Å². The van der Waals surface area contributed by atoms with Crippen LogP contribution in [0.25, 0.3) is 0 Å². The van der Waals surface area contributed by atoms with Crippen molar-refractivity contribution in [2.45, 2.75) is 13.0 Å². The summed E-state index contributed by atoms with van der Waals surface area (Å²) in [5, 5.41) is 5.36. The molecule has 0 aromatic heterocycles. The summed E-state index contributed by atoms with van der Waals surface area (Å²) in [5.74, 6) is -0.106. The molecule has 1 atom stereocenters. The molecule has 2 amide bonds. The van der Waals surface area contributed by atoms with Crippen molar-refractivity contribution < 1.29 is 14.3 Å². The Morgan fingerprint density at radius 2 is 2.06 bits per heavy atom. The molecule has 0 radical (unpaired) electrons. The molecule has 1 aliphatic rings. The maximum Gasteiger partial charge on any atom is 0.407 e. The van der Waals surface area contributed by atoms with Crippen molar-refractivity contribution in [3.63, 3.8) is 0 Å². The first-order valence-corrected chi connectivity index (χ1v) is 4.96. The van der Waals surface area contributed by atoms with E-state index >= 15 is 0 Å². The zero-order valence-corrected chi connectivity index (χ0v) is 10.0. The Balaban J connectivity index is 0.00000144. The molecule has 2 rings (SSSR count). The van der Waals surface area contributed by atoms with E-state index in [1.54, 1.807) is 12.1 Å². The molecule has 1 heterocycles. The number of anilines is 1. The van der Waals surface area contributed by atoms with Crippen molar-refractivity contribution in [3.8, 4) is 0 Å². The zero-order valence-electron chi connectivity index (χ0n) is 9.23. The van der Waals surface area contributed by atoms with Crippen LogP contribution in [0.2, 0.25) is 0 Å². The number of nitrogens with one attached hydrogen (secondary N) is 2. The third-order valence-corrected chi connectivity index (χ3v) is 2.31. The lowest BCUT2D eigenvalue weighted by Gasteiger charge is -2.08. The predicted octanol–water partition coefficient (Wildman–Crippen LogP) is 1.85. The van der Waals surface area contributed by atoms with Gasteiger partial charge < -0.3 is 15.4 Å². The van der Waals surface area contributed by atoms with Crippen molar-refractivity contribution in [2.75, 3.05) is 11.9 Å². The first-order valence-electron chi connectivity index (χ1n) is 4.96. The fourth-order valence-electron chi connectivity index (χ4n) is 1.57. The van der Waals surface area contributed by atoms with Crippen LogP contribution >= 0.6 is 12.4 Å². The molecule has 6 heteroatoms. The summed E-state index contributed by atoms with van der Waals surface area (Å²) in [6.45, 7) is 1.80. The minimum atomic E-state index is -0.393. The summed E-state index contributed by atoms with van der Waals surface area (Å²) in [5.41, 5.74) is 1.70. The molecular formula is C11H13ClN2O3. The van der Waals surface area contributed by atoms with Gasteiger partial charge in [0.1, 0.15) is 6.61 Å².